The maximum atomic E-state index is 12.2. The highest BCUT2D eigenvalue weighted by molar-refractivity contribution is 7.91. The summed E-state index contributed by atoms with van der Waals surface area (Å²) in [4.78, 5) is 0. The van der Waals surface area contributed by atoms with E-state index < -0.39 is 16.3 Å². The lowest BCUT2D eigenvalue weighted by atomic mass is 10.3. The summed E-state index contributed by atoms with van der Waals surface area (Å²) in [5, 5.41) is 10.4. The number of unbranched alkanes of at least 4 members (excludes halogenated alkanes) is 1. The van der Waals surface area contributed by atoms with Gasteiger partial charge in [0.2, 0.25) is 0 Å². The lowest BCUT2D eigenvalue weighted by molar-refractivity contribution is -0.0456. The first kappa shape index (κ1) is 14.9. The molecule has 0 bridgehead atoms. The van der Waals surface area contributed by atoms with E-state index in [2.05, 4.69) is 4.72 Å². The smallest absolute Gasteiger partial charge is 0.250 e. The Balaban J connectivity index is 2.05. The number of hydrogen-bond acceptors (Lipinski definition) is 6. The van der Waals surface area contributed by atoms with Crippen molar-refractivity contribution in [3.63, 3.8) is 0 Å². The third-order valence-corrected chi connectivity index (χ3v) is 5.63. The molecule has 1 saturated heterocycles. The molecule has 0 aliphatic carbocycles. The van der Waals surface area contributed by atoms with Crippen LogP contribution in [0, 0.1) is 0 Å². The van der Waals surface area contributed by atoms with Gasteiger partial charge < -0.3 is 14.6 Å². The van der Waals surface area contributed by atoms with Crippen LogP contribution in [-0.4, -0.2) is 39.9 Å². The molecule has 6 nitrogen and oxygen atoms in total. The van der Waals surface area contributed by atoms with Crippen LogP contribution in [0.15, 0.2) is 15.7 Å². The summed E-state index contributed by atoms with van der Waals surface area (Å²) in [6.45, 7) is 1.33. The average molecular weight is 307 g/mol. The molecular formula is C11H17NO5S2. The van der Waals surface area contributed by atoms with Crippen LogP contribution in [0.5, 0.6) is 0 Å². The summed E-state index contributed by atoms with van der Waals surface area (Å²) in [5.74, 6) is 0. The zero-order valence-electron chi connectivity index (χ0n) is 10.4. The van der Waals surface area contributed by atoms with Gasteiger partial charge in [-0.1, -0.05) is 0 Å². The monoisotopic (exact) mass is 307 g/mol. The number of hydrogen-bond donors (Lipinski definition) is 2. The molecule has 19 heavy (non-hydrogen) atoms. The van der Waals surface area contributed by atoms with E-state index in [4.69, 9.17) is 14.6 Å². The lowest BCUT2D eigenvalue weighted by Gasteiger charge is -2.11. The van der Waals surface area contributed by atoms with E-state index in [0.29, 0.717) is 38.2 Å². The summed E-state index contributed by atoms with van der Waals surface area (Å²) in [7, 11) is -3.54. The SMILES string of the molecule is O=S(=O)(NCCCCO)c1sccc1C1OCCO1. The van der Waals surface area contributed by atoms with Crippen molar-refractivity contribution in [3.05, 3.63) is 17.0 Å². The number of aliphatic hydroxyl groups excluding tert-OH is 1. The molecule has 1 aliphatic heterocycles. The van der Waals surface area contributed by atoms with Crippen LogP contribution in [-0.2, 0) is 19.5 Å². The van der Waals surface area contributed by atoms with Gasteiger partial charge in [0, 0.05) is 18.7 Å². The van der Waals surface area contributed by atoms with Crippen LogP contribution in [0.25, 0.3) is 0 Å². The minimum atomic E-state index is -3.54. The predicted octanol–water partition coefficient (Wildman–Crippen LogP) is 0.844. The van der Waals surface area contributed by atoms with Crippen molar-refractivity contribution < 1.29 is 23.0 Å². The van der Waals surface area contributed by atoms with Gasteiger partial charge in [0.1, 0.15) is 4.21 Å². The van der Waals surface area contributed by atoms with Gasteiger partial charge in [-0.05, 0) is 24.3 Å². The van der Waals surface area contributed by atoms with Gasteiger partial charge in [-0.15, -0.1) is 11.3 Å². The summed E-state index contributed by atoms with van der Waals surface area (Å²) in [5.41, 5.74) is 0.553. The molecule has 1 aromatic rings. The normalized spacial score (nSPS) is 17.1. The summed E-state index contributed by atoms with van der Waals surface area (Å²) in [6, 6.07) is 1.71. The van der Waals surface area contributed by atoms with Crippen LogP contribution in [0.1, 0.15) is 24.7 Å². The van der Waals surface area contributed by atoms with Crippen molar-refractivity contribution in [2.45, 2.75) is 23.3 Å². The van der Waals surface area contributed by atoms with Gasteiger partial charge in [-0.3, -0.25) is 0 Å². The molecule has 1 fully saturated rings. The lowest BCUT2D eigenvalue weighted by Crippen LogP contribution is -2.25. The minimum absolute atomic E-state index is 0.0652. The maximum absolute atomic E-state index is 12.2. The molecule has 108 valence electrons. The third kappa shape index (κ3) is 3.74. The number of ether oxygens (including phenoxy) is 2. The van der Waals surface area contributed by atoms with Crippen LogP contribution in [0.4, 0.5) is 0 Å². The minimum Gasteiger partial charge on any atom is -0.396 e. The highest BCUT2D eigenvalue weighted by Gasteiger charge is 2.28. The second kappa shape index (κ2) is 6.78. The van der Waals surface area contributed by atoms with Gasteiger partial charge >= 0.3 is 0 Å². The summed E-state index contributed by atoms with van der Waals surface area (Å²) < 4.78 is 37.7. The fraction of sp³-hybridized carbons (Fsp3) is 0.636. The molecule has 0 saturated carbocycles. The van der Waals surface area contributed by atoms with Crippen LogP contribution >= 0.6 is 11.3 Å². The van der Waals surface area contributed by atoms with Crippen molar-refractivity contribution in [2.75, 3.05) is 26.4 Å². The van der Waals surface area contributed by atoms with Crippen LogP contribution in [0.3, 0.4) is 0 Å². The molecule has 0 atom stereocenters. The Hall–Kier alpha value is -0.510. The highest BCUT2D eigenvalue weighted by atomic mass is 32.2. The van der Waals surface area contributed by atoms with E-state index >= 15 is 0 Å². The number of nitrogens with one attached hydrogen (secondary N) is 1. The van der Waals surface area contributed by atoms with Crippen molar-refractivity contribution in [2.24, 2.45) is 0 Å². The fourth-order valence-electron chi connectivity index (χ4n) is 1.75. The number of aliphatic hydroxyl groups is 1. The van der Waals surface area contributed by atoms with E-state index in [-0.39, 0.29) is 10.8 Å². The fourth-order valence-corrected chi connectivity index (χ4v) is 4.25. The van der Waals surface area contributed by atoms with E-state index in [9.17, 15) is 8.42 Å². The van der Waals surface area contributed by atoms with Gasteiger partial charge in [-0.25, -0.2) is 13.1 Å². The topological polar surface area (TPSA) is 84.9 Å². The Morgan fingerprint density at radius 3 is 2.79 bits per heavy atom. The number of thiophene rings is 1. The molecule has 2 heterocycles. The largest absolute Gasteiger partial charge is 0.396 e. The Kier molecular flexibility index (Phi) is 5.31. The maximum Gasteiger partial charge on any atom is 0.250 e. The molecule has 0 aromatic carbocycles. The Bertz CT molecular complexity index is 493. The molecule has 0 spiro atoms. The molecule has 2 N–H and O–H groups in total. The quantitative estimate of drug-likeness (QED) is 0.729. The summed E-state index contributed by atoms with van der Waals surface area (Å²) >= 11 is 1.15. The Morgan fingerprint density at radius 2 is 2.11 bits per heavy atom. The van der Waals surface area contributed by atoms with Crippen LogP contribution in [0.2, 0.25) is 0 Å². The first-order chi connectivity index (χ1) is 9.15. The van der Waals surface area contributed by atoms with Crippen molar-refractivity contribution in [3.8, 4) is 0 Å². The first-order valence-corrected chi connectivity index (χ1v) is 8.42. The molecule has 0 radical (unpaired) electrons. The van der Waals surface area contributed by atoms with Gasteiger partial charge in [-0.2, -0.15) is 0 Å². The van der Waals surface area contributed by atoms with Crippen molar-refractivity contribution >= 4 is 21.4 Å². The molecule has 0 unspecified atom stereocenters. The van der Waals surface area contributed by atoms with E-state index in [1.54, 1.807) is 11.4 Å². The van der Waals surface area contributed by atoms with E-state index in [1.165, 1.54) is 0 Å². The van der Waals surface area contributed by atoms with Gasteiger partial charge in [0.15, 0.2) is 6.29 Å². The second-order valence-electron chi connectivity index (χ2n) is 4.07. The van der Waals surface area contributed by atoms with Crippen molar-refractivity contribution in [1.82, 2.24) is 4.72 Å². The van der Waals surface area contributed by atoms with E-state index in [1.807, 2.05) is 0 Å². The summed E-state index contributed by atoms with van der Waals surface area (Å²) in [6.07, 6.45) is 0.594. The van der Waals surface area contributed by atoms with Crippen LogP contribution < -0.4 is 4.72 Å². The standard InChI is InChI=1S/C11H17NO5S2/c13-5-2-1-4-12-19(14,15)11-9(3-8-18-11)10-16-6-7-17-10/h3,8,10,12-13H,1-2,4-7H2. The second-order valence-corrected chi connectivity index (χ2v) is 6.94. The Morgan fingerprint density at radius 1 is 1.37 bits per heavy atom. The number of rotatable bonds is 7. The zero-order chi connectivity index (χ0) is 13.7. The molecule has 2 rings (SSSR count). The highest BCUT2D eigenvalue weighted by Crippen LogP contribution is 2.32. The molecule has 8 heteroatoms. The van der Waals surface area contributed by atoms with Gasteiger partial charge in [0.25, 0.3) is 10.0 Å². The van der Waals surface area contributed by atoms with E-state index in [0.717, 1.165) is 11.3 Å². The molecule has 0 amide bonds. The Labute approximate surface area is 116 Å². The third-order valence-electron chi connectivity index (χ3n) is 2.66. The van der Waals surface area contributed by atoms with Gasteiger partial charge in [0.05, 0.1) is 13.2 Å². The molecule has 1 aliphatic rings. The zero-order valence-corrected chi connectivity index (χ0v) is 12.0. The molecular weight excluding hydrogens is 290 g/mol. The van der Waals surface area contributed by atoms with Crippen molar-refractivity contribution in [1.29, 1.82) is 0 Å². The predicted molar refractivity (Wildman–Crippen MR) is 70.5 cm³/mol. The molecule has 1 aromatic heterocycles. The first-order valence-electron chi connectivity index (χ1n) is 6.06. The average Bonchev–Trinajstić information content (AvgIpc) is 3.03. The number of sulfonamides is 1.